The maximum Gasteiger partial charge on any atom is 0.205 e. The minimum atomic E-state index is 0.158. The zero-order valence-electron chi connectivity index (χ0n) is 14.8. The van der Waals surface area contributed by atoms with Crippen LogP contribution in [0, 0.1) is 12.3 Å². The molecular weight excluding hydrogens is 316 g/mol. The van der Waals surface area contributed by atoms with Gasteiger partial charge in [0.25, 0.3) is 0 Å². The van der Waals surface area contributed by atoms with Crippen molar-refractivity contribution in [2.24, 2.45) is 0 Å². The second-order valence-corrected chi connectivity index (χ2v) is 6.39. The molecule has 0 unspecified atom stereocenters. The molecule has 3 heterocycles. The van der Waals surface area contributed by atoms with Gasteiger partial charge in [0.15, 0.2) is 5.76 Å². The number of hydrogen-bond donors (Lipinski definition) is 2. The van der Waals surface area contributed by atoms with Gasteiger partial charge in [-0.2, -0.15) is 0 Å². The molecule has 0 aromatic carbocycles. The molecule has 1 aliphatic heterocycles. The Morgan fingerprint density at radius 1 is 1.36 bits per heavy atom. The summed E-state index contributed by atoms with van der Waals surface area (Å²) >= 11 is 0. The summed E-state index contributed by atoms with van der Waals surface area (Å²) in [6.45, 7) is 5.95. The second-order valence-electron chi connectivity index (χ2n) is 6.39. The number of aromatic nitrogens is 2. The van der Waals surface area contributed by atoms with E-state index in [1.807, 2.05) is 19.1 Å². The number of nitrogens with one attached hydrogen (secondary N) is 2. The third-order valence-electron chi connectivity index (χ3n) is 4.32. The van der Waals surface area contributed by atoms with Crippen molar-refractivity contribution < 1.29 is 9.15 Å². The molecule has 25 heavy (non-hydrogen) atoms. The van der Waals surface area contributed by atoms with Crippen LogP contribution < -0.4 is 0 Å². The van der Waals surface area contributed by atoms with Crippen molar-refractivity contribution in [3.05, 3.63) is 36.0 Å². The quantitative estimate of drug-likeness (QED) is 0.455. The van der Waals surface area contributed by atoms with Gasteiger partial charge >= 0.3 is 0 Å². The average molecular weight is 342 g/mol. The van der Waals surface area contributed by atoms with Crippen molar-refractivity contribution in [1.82, 2.24) is 14.9 Å². The smallest absolute Gasteiger partial charge is 0.205 e. The first-order chi connectivity index (χ1) is 12.2. The largest absolute Gasteiger partial charge is 0.478 e. The molecule has 0 saturated carbocycles. The van der Waals surface area contributed by atoms with Crippen molar-refractivity contribution in [2.45, 2.75) is 32.6 Å². The zero-order chi connectivity index (χ0) is 17.5. The normalized spacial score (nSPS) is 15.7. The van der Waals surface area contributed by atoms with Crippen LogP contribution in [0.25, 0.3) is 17.5 Å². The number of nitrogens with zero attached hydrogens (tertiary/aromatic N) is 2. The highest BCUT2D eigenvalue weighted by Crippen LogP contribution is 2.20. The van der Waals surface area contributed by atoms with Gasteiger partial charge in [-0.15, -0.1) is 0 Å². The van der Waals surface area contributed by atoms with Crippen LogP contribution in [-0.2, 0) is 4.74 Å². The van der Waals surface area contributed by atoms with E-state index in [1.54, 1.807) is 18.3 Å². The molecule has 1 fully saturated rings. The summed E-state index contributed by atoms with van der Waals surface area (Å²) < 4.78 is 11.0. The summed E-state index contributed by atoms with van der Waals surface area (Å²) in [6.07, 6.45) is 10.0. The lowest BCUT2D eigenvalue weighted by Gasteiger charge is -2.26. The molecule has 6 nitrogen and oxygen atoms in total. The highest BCUT2D eigenvalue weighted by Gasteiger charge is 2.09. The van der Waals surface area contributed by atoms with Gasteiger partial charge in [-0.3, -0.25) is 5.41 Å². The maximum atomic E-state index is 7.85. The van der Waals surface area contributed by atoms with Crippen molar-refractivity contribution >= 4 is 12.0 Å². The third kappa shape index (κ3) is 5.32. The third-order valence-corrected chi connectivity index (χ3v) is 4.32. The Balaban J connectivity index is 1.39. The Morgan fingerprint density at radius 3 is 2.96 bits per heavy atom. The van der Waals surface area contributed by atoms with Crippen LogP contribution in [0.2, 0.25) is 0 Å². The number of imidazole rings is 1. The molecule has 0 aliphatic carbocycles. The van der Waals surface area contributed by atoms with Crippen LogP contribution in [0.1, 0.15) is 37.3 Å². The van der Waals surface area contributed by atoms with Crippen molar-refractivity contribution in [1.29, 1.82) is 5.41 Å². The van der Waals surface area contributed by atoms with E-state index in [0.29, 0.717) is 12.4 Å². The van der Waals surface area contributed by atoms with E-state index >= 15 is 0 Å². The first kappa shape index (κ1) is 17.5. The lowest BCUT2D eigenvalue weighted by atomic mass is 10.1. The van der Waals surface area contributed by atoms with Crippen LogP contribution in [0.5, 0.6) is 0 Å². The fourth-order valence-corrected chi connectivity index (χ4v) is 2.98. The molecule has 2 aromatic heterocycles. The van der Waals surface area contributed by atoms with Gasteiger partial charge in [0, 0.05) is 12.6 Å². The average Bonchev–Trinajstić information content (AvgIpc) is 3.26. The molecule has 0 spiro atoms. The molecule has 0 atom stereocenters. The van der Waals surface area contributed by atoms with Gasteiger partial charge in [0.05, 0.1) is 12.8 Å². The van der Waals surface area contributed by atoms with E-state index < -0.39 is 0 Å². The number of ether oxygens (including phenoxy) is 1. The molecule has 1 aliphatic rings. The Bertz CT molecular complexity index is 711. The maximum absolute atomic E-state index is 7.85. The van der Waals surface area contributed by atoms with E-state index in [9.17, 15) is 0 Å². The van der Waals surface area contributed by atoms with Gasteiger partial charge in [-0.1, -0.05) is 6.42 Å². The molecule has 0 radical (unpaired) electrons. The van der Waals surface area contributed by atoms with Gasteiger partial charge in [0.2, 0.25) is 5.90 Å². The van der Waals surface area contributed by atoms with Crippen LogP contribution in [0.15, 0.2) is 28.8 Å². The topological polar surface area (TPSA) is 78.1 Å². The summed E-state index contributed by atoms with van der Waals surface area (Å²) in [5.41, 5.74) is 0.821. The van der Waals surface area contributed by atoms with Crippen LogP contribution in [0.4, 0.5) is 0 Å². The van der Waals surface area contributed by atoms with Gasteiger partial charge in [-0.25, -0.2) is 4.98 Å². The fourth-order valence-electron chi connectivity index (χ4n) is 2.98. The van der Waals surface area contributed by atoms with Gasteiger partial charge in [0.1, 0.15) is 17.3 Å². The number of hydrogen-bond acceptors (Lipinski definition) is 5. The Labute approximate surface area is 148 Å². The van der Waals surface area contributed by atoms with E-state index in [1.165, 1.54) is 32.4 Å². The Morgan fingerprint density at radius 2 is 2.20 bits per heavy atom. The summed E-state index contributed by atoms with van der Waals surface area (Å²) in [7, 11) is 0. The number of likely N-dealkylation sites (tertiary alicyclic amines) is 1. The summed E-state index contributed by atoms with van der Waals surface area (Å²) in [5, 5.41) is 7.85. The fraction of sp³-hybridized carbons (Fsp3) is 0.474. The lowest BCUT2D eigenvalue weighted by Crippen LogP contribution is -2.31. The van der Waals surface area contributed by atoms with Crippen LogP contribution in [0.3, 0.4) is 0 Å². The van der Waals surface area contributed by atoms with E-state index in [2.05, 4.69) is 14.9 Å². The molecule has 3 rings (SSSR count). The minimum Gasteiger partial charge on any atom is -0.478 e. The number of aromatic amines is 1. The monoisotopic (exact) mass is 342 g/mol. The van der Waals surface area contributed by atoms with E-state index in [0.717, 1.165) is 30.2 Å². The molecular formula is C19H26N4O2. The minimum absolute atomic E-state index is 0.158. The van der Waals surface area contributed by atoms with Crippen molar-refractivity contribution in [3.63, 3.8) is 0 Å². The lowest BCUT2D eigenvalue weighted by molar-refractivity contribution is 0.202. The molecule has 2 N–H and O–H groups in total. The molecule has 0 amide bonds. The molecule has 134 valence electrons. The number of rotatable bonds is 7. The Hall–Kier alpha value is -2.34. The van der Waals surface area contributed by atoms with E-state index in [-0.39, 0.29) is 5.90 Å². The second kappa shape index (κ2) is 8.67. The highest BCUT2D eigenvalue weighted by molar-refractivity contribution is 5.88. The summed E-state index contributed by atoms with van der Waals surface area (Å²) in [6, 6.07) is 3.82. The Kier molecular flexibility index (Phi) is 6.06. The first-order valence-electron chi connectivity index (χ1n) is 8.94. The molecule has 1 saturated heterocycles. The summed E-state index contributed by atoms with van der Waals surface area (Å²) in [5.74, 6) is 2.45. The van der Waals surface area contributed by atoms with Gasteiger partial charge in [-0.05, 0) is 57.5 Å². The van der Waals surface area contributed by atoms with Gasteiger partial charge < -0.3 is 19.0 Å². The number of H-pyrrole nitrogens is 1. The van der Waals surface area contributed by atoms with Crippen molar-refractivity contribution in [2.75, 3.05) is 26.2 Å². The number of aryl methyl sites for hydroxylation is 1. The standard InChI is InChI=1S/C19H26N4O2/c1-15-6-7-17(25-15)16-14-21-19(22-16)9-8-18(20)24-13-5-12-23-10-3-2-4-11-23/h6-9,14,20H,2-5,10-13H2,1H3,(H,21,22)/b9-8-,20-18?. The summed E-state index contributed by atoms with van der Waals surface area (Å²) in [4.78, 5) is 9.91. The first-order valence-corrected chi connectivity index (χ1v) is 8.94. The van der Waals surface area contributed by atoms with Crippen LogP contribution in [-0.4, -0.2) is 47.0 Å². The van der Waals surface area contributed by atoms with E-state index in [4.69, 9.17) is 14.6 Å². The van der Waals surface area contributed by atoms with Crippen molar-refractivity contribution in [3.8, 4) is 11.5 Å². The molecule has 2 aromatic rings. The SMILES string of the molecule is Cc1ccc(-c2cnc(/C=C\C(=N)OCCCN3CCCCC3)[nH]2)o1. The predicted molar refractivity (Wildman–Crippen MR) is 98.6 cm³/mol. The number of furan rings is 1. The van der Waals surface area contributed by atoms with Crippen LogP contribution >= 0.6 is 0 Å². The highest BCUT2D eigenvalue weighted by atomic mass is 16.5. The predicted octanol–water partition coefficient (Wildman–Crippen LogP) is 3.86. The molecule has 0 bridgehead atoms. The molecule has 6 heteroatoms. The zero-order valence-corrected chi connectivity index (χ0v) is 14.8. The number of piperidine rings is 1.